The molecule has 0 aliphatic heterocycles. The van der Waals surface area contributed by atoms with Gasteiger partial charge in [0.05, 0.1) is 0 Å². The largest absolute Gasteiger partial charge is 0.463 e. The van der Waals surface area contributed by atoms with Crippen molar-refractivity contribution < 1.29 is 23.8 Å². The zero-order valence-corrected chi connectivity index (χ0v) is 17.5. The number of rotatable bonds is 3. The van der Waals surface area contributed by atoms with Crippen LogP contribution < -0.4 is 0 Å². The maximum Gasteiger partial charge on any atom is 0.302 e. The van der Waals surface area contributed by atoms with E-state index in [1.54, 1.807) is 0 Å². The van der Waals surface area contributed by atoms with Gasteiger partial charge in [0.2, 0.25) is 0 Å². The predicted molar refractivity (Wildman–Crippen MR) is 103 cm³/mol. The SMILES string of the molecule is CC(=O)O[C@@H]1CC[C@@]2(C)[C@H](CC[C@@H]3[C@@H]2[C@H](F)C[C@]2(C)[C@@H](C(=O)CO)CC[C@@H]32)C1. The highest BCUT2D eigenvalue weighted by molar-refractivity contribution is 5.83. The molecule has 0 amide bonds. The number of ether oxygens (including phenoxy) is 1. The number of ketones is 1. The molecule has 4 aliphatic rings. The number of aliphatic hydroxyl groups is 1. The first kappa shape index (κ1) is 20.3. The van der Waals surface area contributed by atoms with Gasteiger partial charge in [0, 0.05) is 12.8 Å². The van der Waals surface area contributed by atoms with Crippen LogP contribution in [0.3, 0.4) is 0 Å². The number of fused-ring (bicyclic) bond motifs is 5. The van der Waals surface area contributed by atoms with E-state index >= 15 is 4.39 Å². The topological polar surface area (TPSA) is 63.6 Å². The maximum atomic E-state index is 15.8. The molecular formula is C23H35FO4. The van der Waals surface area contributed by atoms with Crippen LogP contribution in [0.4, 0.5) is 4.39 Å². The molecule has 4 fully saturated rings. The molecule has 0 aromatic carbocycles. The van der Waals surface area contributed by atoms with Crippen molar-refractivity contribution in [1.29, 1.82) is 0 Å². The van der Waals surface area contributed by atoms with Crippen molar-refractivity contribution in [2.45, 2.75) is 84.4 Å². The first-order valence-corrected chi connectivity index (χ1v) is 11.2. The van der Waals surface area contributed by atoms with Gasteiger partial charge in [-0.15, -0.1) is 0 Å². The molecule has 158 valence electrons. The highest BCUT2D eigenvalue weighted by atomic mass is 19.1. The van der Waals surface area contributed by atoms with Crippen LogP contribution in [0.15, 0.2) is 0 Å². The van der Waals surface area contributed by atoms with Crippen molar-refractivity contribution in [3.8, 4) is 0 Å². The molecule has 4 aliphatic carbocycles. The van der Waals surface area contributed by atoms with Crippen LogP contribution in [0.25, 0.3) is 0 Å². The highest BCUT2D eigenvalue weighted by Gasteiger charge is 2.64. The van der Waals surface area contributed by atoms with Crippen LogP contribution in [0.5, 0.6) is 0 Å². The number of aliphatic hydroxyl groups excluding tert-OH is 1. The van der Waals surface area contributed by atoms with E-state index in [2.05, 4.69) is 13.8 Å². The zero-order chi connectivity index (χ0) is 20.3. The second-order valence-corrected chi connectivity index (χ2v) is 10.6. The Labute approximate surface area is 167 Å². The smallest absolute Gasteiger partial charge is 0.302 e. The summed E-state index contributed by atoms with van der Waals surface area (Å²) in [6.45, 7) is 5.43. The molecule has 28 heavy (non-hydrogen) atoms. The summed E-state index contributed by atoms with van der Waals surface area (Å²) in [4.78, 5) is 23.7. The molecule has 0 unspecified atom stereocenters. The first-order chi connectivity index (χ1) is 13.2. The van der Waals surface area contributed by atoms with Gasteiger partial charge in [0.1, 0.15) is 18.9 Å². The molecule has 0 saturated heterocycles. The van der Waals surface area contributed by atoms with E-state index < -0.39 is 12.8 Å². The quantitative estimate of drug-likeness (QED) is 0.733. The molecule has 0 bridgehead atoms. The second kappa shape index (κ2) is 7.07. The van der Waals surface area contributed by atoms with Crippen LogP contribution in [-0.4, -0.2) is 35.7 Å². The van der Waals surface area contributed by atoms with Crippen molar-refractivity contribution in [3.63, 3.8) is 0 Å². The Morgan fingerprint density at radius 1 is 1.11 bits per heavy atom. The van der Waals surface area contributed by atoms with Gasteiger partial charge in [-0.2, -0.15) is 0 Å². The number of carbonyl (C=O) groups is 2. The lowest BCUT2D eigenvalue weighted by molar-refractivity contribution is -0.173. The fraction of sp³-hybridized carbons (Fsp3) is 0.913. The van der Waals surface area contributed by atoms with Gasteiger partial charge in [-0.25, -0.2) is 4.39 Å². The van der Waals surface area contributed by atoms with Crippen molar-refractivity contribution in [1.82, 2.24) is 0 Å². The number of carbonyl (C=O) groups excluding carboxylic acids is 2. The molecule has 4 nitrogen and oxygen atoms in total. The molecule has 1 N–H and O–H groups in total. The third-order valence-electron chi connectivity index (χ3n) is 9.38. The molecule has 0 spiro atoms. The lowest BCUT2D eigenvalue weighted by Crippen LogP contribution is -2.58. The molecular weight excluding hydrogens is 359 g/mol. The van der Waals surface area contributed by atoms with Crippen LogP contribution in [0.1, 0.15) is 72.1 Å². The lowest BCUT2D eigenvalue weighted by Gasteiger charge is -2.61. The van der Waals surface area contributed by atoms with Crippen molar-refractivity contribution in [2.24, 2.45) is 40.4 Å². The lowest BCUT2D eigenvalue weighted by atomic mass is 9.44. The standard InChI is InChI=1S/C23H35FO4/c1-13(26)28-15-8-9-22(2)14(10-15)4-5-16-17-6-7-18(20(27)12-25)23(17,3)11-19(24)21(16)22/h14-19,21,25H,4-12H2,1-3H3/t14-,15-,16+,17+,18-,19-,21-,22+,23+/m1/s1. The Bertz CT molecular complexity index is 651. The van der Waals surface area contributed by atoms with Gasteiger partial charge in [0.25, 0.3) is 0 Å². The van der Waals surface area contributed by atoms with Gasteiger partial charge < -0.3 is 9.84 Å². The average Bonchev–Trinajstić information content (AvgIpc) is 2.97. The molecule has 0 aromatic rings. The zero-order valence-electron chi connectivity index (χ0n) is 17.5. The summed E-state index contributed by atoms with van der Waals surface area (Å²) in [5.74, 6) is 0.663. The van der Waals surface area contributed by atoms with E-state index in [9.17, 15) is 14.7 Å². The van der Waals surface area contributed by atoms with Crippen molar-refractivity contribution in [3.05, 3.63) is 0 Å². The van der Waals surface area contributed by atoms with Crippen LogP contribution >= 0.6 is 0 Å². The molecule has 0 radical (unpaired) electrons. The van der Waals surface area contributed by atoms with Crippen LogP contribution in [0, 0.1) is 40.4 Å². The predicted octanol–water partition coefficient (Wildman–Crippen LogP) is 4.09. The van der Waals surface area contributed by atoms with Crippen molar-refractivity contribution >= 4 is 11.8 Å². The Hall–Kier alpha value is -0.970. The molecule has 0 aromatic heterocycles. The summed E-state index contributed by atoms with van der Waals surface area (Å²) in [5.41, 5.74) is -0.349. The first-order valence-electron chi connectivity index (χ1n) is 11.2. The van der Waals surface area contributed by atoms with Gasteiger partial charge in [-0.05, 0) is 85.9 Å². The van der Waals surface area contributed by atoms with E-state index in [-0.39, 0.29) is 40.5 Å². The summed E-state index contributed by atoms with van der Waals surface area (Å²) in [7, 11) is 0. The Morgan fingerprint density at radius 2 is 1.86 bits per heavy atom. The number of hydrogen-bond acceptors (Lipinski definition) is 4. The second-order valence-electron chi connectivity index (χ2n) is 10.6. The summed E-state index contributed by atoms with van der Waals surface area (Å²) >= 11 is 0. The van der Waals surface area contributed by atoms with Gasteiger partial charge in [0.15, 0.2) is 5.78 Å². The molecule has 4 rings (SSSR count). The number of Topliss-reactive ketones (excluding diaryl/α,β-unsaturated/α-hetero) is 1. The number of halogens is 1. The van der Waals surface area contributed by atoms with Gasteiger partial charge in [-0.1, -0.05) is 13.8 Å². The Balaban J connectivity index is 1.58. The average molecular weight is 395 g/mol. The van der Waals surface area contributed by atoms with Crippen molar-refractivity contribution in [2.75, 3.05) is 6.61 Å². The fourth-order valence-corrected chi connectivity index (χ4v) is 8.25. The molecule has 9 atom stereocenters. The van der Waals surface area contributed by atoms with E-state index in [0.717, 1.165) is 44.9 Å². The molecule has 0 heterocycles. The van der Waals surface area contributed by atoms with Crippen LogP contribution in [0.2, 0.25) is 0 Å². The minimum absolute atomic E-state index is 0.0166. The van der Waals surface area contributed by atoms with E-state index in [0.29, 0.717) is 24.2 Å². The highest BCUT2D eigenvalue weighted by Crippen LogP contribution is 2.68. The van der Waals surface area contributed by atoms with E-state index in [1.165, 1.54) is 6.92 Å². The number of hydrogen-bond donors (Lipinski definition) is 1. The van der Waals surface area contributed by atoms with Gasteiger partial charge >= 0.3 is 5.97 Å². The summed E-state index contributed by atoms with van der Waals surface area (Å²) in [6.07, 6.45) is 6.00. The number of alkyl halides is 1. The summed E-state index contributed by atoms with van der Waals surface area (Å²) in [5, 5.41) is 9.40. The van der Waals surface area contributed by atoms with Gasteiger partial charge in [-0.3, -0.25) is 9.59 Å². The summed E-state index contributed by atoms with van der Waals surface area (Å²) in [6, 6.07) is 0. The van der Waals surface area contributed by atoms with Crippen LogP contribution in [-0.2, 0) is 14.3 Å². The minimum Gasteiger partial charge on any atom is -0.463 e. The third kappa shape index (κ3) is 2.95. The maximum absolute atomic E-state index is 15.8. The van der Waals surface area contributed by atoms with E-state index in [4.69, 9.17) is 4.74 Å². The fourth-order valence-electron chi connectivity index (χ4n) is 8.25. The Kier molecular flexibility index (Phi) is 5.13. The number of esters is 1. The minimum atomic E-state index is -0.892. The third-order valence-corrected chi connectivity index (χ3v) is 9.38. The monoisotopic (exact) mass is 394 g/mol. The molecule has 5 heteroatoms. The molecule has 4 saturated carbocycles. The Morgan fingerprint density at radius 3 is 2.54 bits per heavy atom. The summed E-state index contributed by atoms with van der Waals surface area (Å²) < 4.78 is 21.3. The normalized spacial score (nSPS) is 50.2. The van der Waals surface area contributed by atoms with E-state index in [1.807, 2.05) is 0 Å².